The Balaban J connectivity index is 2.33. The molecular formula is C15H18O6. The number of rotatable bonds is 4. The Morgan fingerprint density at radius 3 is 2.62 bits per heavy atom. The van der Waals surface area contributed by atoms with Crippen LogP contribution in [0.3, 0.4) is 0 Å². The van der Waals surface area contributed by atoms with Crippen LogP contribution >= 0.6 is 0 Å². The normalized spacial score (nSPS) is 37.0. The lowest BCUT2D eigenvalue weighted by molar-refractivity contribution is -0.149. The van der Waals surface area contributed by atoms with Crippen molar-refractivity contribution in [3.05, 3.63) is 24.3 Å². The standard InChI is InChI=1S/C15H18O6/c1-7(16)6-10(18)11-8(2)14(19)21-13(11)12-9(17)4-5-15(12,3)20/h4-5,10-13,18,20H,2,6H2,1,3H3. The van der Waals surface area contributed by atoms with E-state index >= 15 is 0 Å². The van der Waals surface area contributed by atoms with Crippen molar-refractivity contribution in [2.45, 2.75) is 38.1 Å². The van der Waals surface area contributed by atoms with Gasteiger partial charge in [0.1, 0.15) is 11.9 Å². The van der Waals surface area contributed by atoms with Gasteiger partial charge in [0.2, 0.25) is 0 Å². The second kappa shape index (κ2) is 5.20. The third kappa shape index (κ3) is 2.69. The first-order chi connectivity index (χ1) is 9.65. The van der Waals surface area contributed by atoms with Crippen molar-refractivity contribution < 1.29 is 29.3 Å². The molecule has 0 aromatic heterocycles. The molecule has 21 heavy (non-hydrogen) atoms. The van der Waals surface area contributed by atoms with Gasteiger partial charge in [-0.1, -0.05) is 6.58 Å². The third-order valence-corrected chi connectivity index (χ3v) is 4.02. The van der Waals surface area contributed by atoms with Crippen LogP contribution in [0.15, 0.2) is 24.3 Å². The van der Waals surface area contributed by atoms with Gasteiger partial charge in [-0.3, -0.25) is 9.59 Å². The molecule has 1 aliphatic carbocycles. The van der Waals surface area contributed by atoms with Crippen LogP contribution in [0.25, 0.3) is 0 Å². The smallest absolute Gasteiger partial charge is 0.334 e. The molecule has 114 valence electrons. The molecule has 0 bridgehead atoms. The van der Waals surface area contributed by atoms with Crippen LogP contribution in [0.4, 0.5) is 0 Å². The van der Waals surface area contributed by atoms with Gasteiger partial charge in [0.15, 0.2) is 5.78 Å². The predicted octanol–water partition coefficient (Wildman–Crippen LogP) is -0.0697. The molecule has 1 aliphatic heterocycles. The van der Waals surface area contributed by atoms with Gasteiger partial charge in [0, 0.05) is 12.0 Å². The van der Waals surface area contributed by atoms with Gasteiger partial charge in [0.05, 0.1) is 23.5 Å². The monoisotopic (exact) mass is 294 g/mol. The number of esters is 1. The summed E-state index contributed by atoms with van der Waals surface area (Å²) in [5.74, 6) is -3.25. The number of Topliss-reactive ketones (excluding diaryl/α,β-unsaturated/α-hetero) is 1. The fourth-order valence-electron chi connectivity index (χ4n) is 3.00. The summed E-state index contributed by atoms with van der Waals surface area (Å²) in [5.41, 5.74) is -1.45. The average Bonchev–Trinajstić information content (AvgIpc) is 2.76. The van der Waals surface area contributed by atoms with E-state index in [1.54, 1.807) is 0 Å². The maximum Gasteiger partial charge on any atom is 0.334 e. The summed E-state index contributed by atoms with van der Waals surface area (Å²) in [5, 5.41) is 20.4. The first-order valence-corrected chi connectivity index (χ1v) is 6.68. The minimum absolute atomic E-state index is 0.0178. The average molecular weight is 294 g/mol. The van der Waals surface area contributed by atoms with Crippen LogP contribution in [-0.2, 0) is 19.1 Å². The number of ether oxygens (including phenoxy) is 1. The largest absolute Gasteiger partial charge is 0.457 e. The van der Waals surface area contributed by atoms with Crippen LogP contribution in [0.1, 0.15) is 20.3 Å². The van der Waals surface area contributed by atoms with Gasteiger partial charge in [-0.05, 0) is 26.0 Å². The number of aliphatic hydroxyl groups excluding tert-OH is 1. The Morgan fingerprint density at radius 1 is 1.52 bits per heavy atom. The molecule has 0 saturated carbocycles. The maximum absolute atomic E-state index is 12.0. The van der Waals surface area contributed by atoms with Crippen molar-refractivity contribution in [3.63, 3.8) is 0 Å². The molecule has 5 atom stereocenters. The first kappa shape index (κ1) is 15.6. The lowest BCUT2D eigenvalue weighted by atomic mass is 9.77. The molecule has 0 spiro atoms. The second-order valence-electron chi connectivity index (χ2n) is 5.83. The number of hydrogen-bond acceptors (Lipinski definition) is 6. The molecule has 0 radical (unpaired) electrons. The Bertz CT molecular complexity index is 544. The maximum atomic E-state index is 12.0. The summed E-state index contributed by atoms with van der Waals surface area (Å²) in [7, 11) is 0. The molecule has 2 rings (SSSR count). The Kier molecular flexibility index (Phi) is 3.86. The summed E-state index contributed by atoms with van der Waals surface area (Å²) in [6.07, 6.45) is 0.178. The lowest BCUT2D eigenvalue weighted by Gasteiger charge is -2.32. The van der Waals surface area contributed by atoms with E-state index in [2.05, 4.69) is 6.58 Å². The summed E-state index contributed by atoms with van der Waals surface area (Å²) < 4.78 is 5.15. The zero-order valence-electron chi connectivity index (χ0n) is 11.9. The van der Waals surface area contributed by atoms with Crippen molar-refractivity contribution in [1.29, 1.82) is 0 Å². The molecule has 0 aromatic carbocycles. The van der Waals surface area contributed by atoms with E-state index in [9.17, 15) is 24.6 Å². The van der Waals surface area contributed by atoms with Crippen molar-refractivity contribution in [2.75, 3.05) is 0 Å². The molecule has 6 heteroatoms. The number of cyclic esters (lactones) is 1. The van der Waals surface area contributed by atoms with Gasteiger partial charge in [-0.25, -0.2) is 4.79 Å². The molecule has 0 aromatic rings. The third-order valence-electron chi connectivity index (χ3n) is 4.02. The number of allylic oxidation sites excluding steroid dienone is 1. The minimum Gasteiger partial charge on any atom is -0.457 e. The van der Waals surface area contributed by atoms with Crippen LogP contribution in [0, 0.1) is 11.8 Å². The zero-order valence-corrected chi connectivity index (χ0v) is 11.9. The highest BCUT2D eigenvalue weighted by Crippen LogP contribution is 2.41. The zero-order chi connectivity index (χ0) is 15.9. The molecule has 6 nitrogen and oxygen atoms in total. The molecule has 2 N–H and O–H groups in total. The highest BCUT2D eigenvalue weighted by molar-refractivity contribution is 5.98. The van der Waals surface area contributed by atoms with E-state index in [1.807, 2.05) is 0 Å². The number of carbonyl (C=O) groups is 3. The van der Waals surface area contributed by atoms with Crippen LogP contribution in [0.5, 0.6) is 0 Å². The Morgan fingerprint density at radius 2 is 2.14 bits per heavy atom. The summed E-state index contributed by atoms with van der Waals surface area (Å²) in [4.78, 5) is 34.9. The number of aliphatic hydroxyl groups is 2. The van der Waals surface area contributed by atoms with Crippen molar-refractivity contribution in [1.82, 2.24) is 0 Å². The first-order valence-electron chi connectivity index (χ1n) is 6.68. The van der Waals surface area contributed by atoms with E-state index in [0.29, 0.717) is 0 Å². The topological polar surface area (TPSA) is 101 Å². The van der Waals surface area contributed by atoms with E-state index < -0.39 is 35.6 Å². The summed E-state index contributed by atoms with van der Waals surface area (Å²) in [6.45, 7) is 6.33. The summed E-state index contributed by atoms with van der Waals surface area (Å²) >= 11 is 0. The second-order valence-corrected chi connectivity index (χ2v) is 5.83. The van der Waals surface area contributed by atoms with Crippen molar-refractivity contribution in [3.8, 4) is 0 Å². The van der Waals surface area contributed by atoms with Gasteiger partial charge in [0.25, 0.3) is 0 Å². The quantitative estimate of drug-likeness (QED) is 0.556. The van der Waals surface area contributed by atoms with Gasteiger partial charge in [-0.15, -0.1) is 0 Å². The van der Waals surface area contributed by atoms with Gasteiger partial charge >= 0.3 is 5.97 Å². The van der Waals surface area contributed by atoms with Crippen LogP contribution < -0.4 is 0 Å². The molecule has 1 fully saturated rings. The van der Waals surface area contributed by atoms with Gasteiger partial charge < -0.3 is 14.9 Å². The van der Waals surface area contributed by atoms with Crippen molar-refractivity contribution >= 4 is 17.5 Å². The molecular weight excluding hydrogens is 276 g/mol. The van der Waals surface area contributed by atoms with E-state index in [4.69, 9.17) is 4.74 Å². The molecule has 2 aliphatic rings. The number of ketones is 2. The highest BCUT2D eigenvalue weighted by atomic mass is 16.6. The fraction of sp³-hybridized carbons (Fsp3) is 0.533. The number of hydrogen-bond donors (Lipinski definition) is 2. The van der Waals surface area contributed by atoms with E-state index in [0.717, 1.165) is 0 Å². The van der Waals surface area contributed by atoms with Crippen LogP contribution in [0.2, 0.25) is 0 Å². The van der Waals surface area contributed by atoms with Crippen LogP contribution in [-0.4, -0.2) is 45.6 Å². The highest BCUT2D eigenvalue weighted by Gasteiger charge is 2.55. The molecule has 1 saturated heterocycles. The summed E-state index contributed by atoms with van der Waals surface area (Å²) in [6, 6.07) is 0. The Labute approximate surface area is 122 Å². The predicted molar refractivity (Wildman–Crippen MR) is 72.1 cm³/mol. The Hall–Kier alpha value is -1.79. The minimum atomic E-state index is -1.47. The molecule has 5 unspecified atom stereocenters. The van der Waals surface area contributed by atoms with Gasteiger partial charge in [-0.2, -0.15) is 0 Å². The fourth-order valence-corrected chi connectivity index (χ4v) is 3.00. The number of carbonyl (C=O) groups excluding carboxylic acids is 3. The SMILES string of the molecule is C=C1C(=O)OC(C2C(=O)C=CC2(C)O)C1C(O)CC(C)=O. The van der Waals surface area contributed by atoms with Crippen molar-refractivity contribution in [2.24, 2.45) is 11.8 Å². The van der Waals surface area contributed by atoms with E-state index in [1.165, 1.54) is 26.0 Å². The molecule has 0 amide bonds. The molecule has 1 heterocycles. The van der Waals surface area contributed by atoms with E-state index in [-0.39, 0.29) is 23.6 Å². The lowest BCUT2D eigenvalue weighted by Crippen LogP contribution is -2.46.